The zero-order valence-corrected chi connectivity index (χ0v) is 10.9. The Bertz CT molecular complexity index is 406. The van der Waals surface area contributed by atoms with Crippen molar-refractivity contribution in [1.29, 1.82) is 0 Å². The van der Waals surface area contributed by atoms with Gasteiger partial charge in [0.25, 0.3) is 0 Å². The number of carbonyl (C=O) groups excluding carboxylic acids is 1. The molecule has 0 aliphatic carbocycles. The van der Waals surface area contributed by atoms with Crippen molar-refractivity contribution < 1.29 is 9.53 Å². The predicted octanol–water partition coefficient (Wildman–Crippen LogP) is 2.00. The van der Waals surface area contributed by atoms with Gasteiger partial charge in [-0.2, -0.15) is 0 Å². The van der Waals surface area contributed by atoms with Crippen LogP contribution in [-0.2, 0) is 9.53 Å². The second kappa shape index (κ2) is 6.73. The molecule has 5 heteroatoms. The number of benzene rings is 1. The van der Waals surface area contributed by atoms with Crippen molar-refractivity contribution in [2.45, 2.75) is 6.42 Å². The third-order valence-electron chi connectivity index (χ3n) is 2.87. The van der Waals surface area contributed by atoms with Crippen LogP contribution in [0.5, 0.6) is 0 Å². The molecule has 1 fully saturated rings. The molecule has 2 rings (SSSR count). The summed E-state index contributed by atoms with van der Waals surface area (Å²) in [5.74, 6) is 0.0174. The van der Waals surface area contributed by atoms with E-state index in [1.165, 1.54) is 0 Å². The van der Waals surface area contributed by atoms with E-state index in [1.54, 1.807) is 12.1 Å². The van der Waals surface area contributed by atoms with Gasteiger partial charge >= 0.3 is 0 Å². The van der Waals surface area contributed by atoms with Gasteiger partial charge in [-0.25, -0.2) is 0 Å². The Kier molecular flexibility index (Phi) is 4.99. The van der Waals surface area contributed by atoms with Gasteiger partial charge in [-0.05, 0) is 18.2 Å². The standard InChI is InChI=1S/C13H17ClN2O2/c14-11-2-1-3-12(10-11)15-13(17)4-5-16-6-8-18-9-7-16/h1-3,10H,4-9H2,(H,15,17). The van der Waals surface area contributed by atoms with E-state index < -0.39 is 0 Å². The first kappa shape index (κ1) is 13.3. The summed E-state index contributed by atoms with van der Waals surface area (Å²) in [6.07, 6.45) is 0.493. The third kappa shape index (κ3) is 4.29. The lowest BCUT2D eigenvalue weighted by Crippen LogP contribution is -2.38. The van der Waals surface area contributed by atoms with Gasteiger partial charge < -0.3 is 10.1 Å². The number of anilines is 1. The molecule has 18 heavy (non-hydrogen) atoms. The molecule has 0 atom stereocenters. The number of carbonyl (C=O) groups is 1. The topological polar surface area (TPSA) is 41.6 Å². The van der Waals surface area contributed by atoms with Gasteiger partial charge in [0.2, 0.25) is 5.91 Å². The summed E-state index contributed by atoms with van der Waals surface area (Å²) in [5, 5.41) is 3.47. The lowest BCUT2D eigenvalue weighted by Gasteiger charge is -2.26. The third-order valence-corrected chi connectivity index (χ3v) is 3.10. The van der Waals surface area contributed by atoms with Crippen LogP contribution in [0.3, 0.4) is 0 Å². The smallest absolute Gasteiger partial charge is 0.225 e. The van der Waals surface area contributed by atoms with Crippen molar-refractivity contribution in [3.63, 3.8) is 0 Å². The van der Waals surface area contributed by atoms with Crippen LogP contribution in [0.4, 0.5) is 5.69 Å². The van der Waals surface area contributed by atoms with E-state index in [0.717, 1.165) is 38.5 Å². The molecule has 4 nitrogen and oxygen atoms in total. The maximum atomic E-state index is 11.8. The Labute approximate surface area is 112 Å². The second-order valence-corrected chi connectivity index (χ2v) is 4.70. The van der Waals surface area contributed by atoms with Gasteiger partial charge in [-0.15, -0.1) is 0 Å². The Morgan fingerprint density at radius 2 is 2.17 bits per heavy atom. The molecule has 0 bridgehead atoms. The highest BCUT2D eigenvalue weighted by Gasteiger charge is 2.11. The van der Waals surface area contributed by atoms with Crippen LogP contribution >= 0.6 is 11.6 Å². The number of amides is 1. The molecular weight excluding hydrogens is 252 g/mol. The van der Waals surface area contributed by atoms with E-state index in [9.17, 15) is 4.79 Å². The molecule has 1 aliphatic heterocycles. The van der Waals surface area contributed by atoms with Gasteiger partial charge in [0.15, 0.2) is 0 Å². The first-order chi connectivity index (χ1) is 8.74. The largest absolute Gasteiger partial charge is 0.379 e. The molecule has 1 aliphatic rings. The van der Waals surface area contributed by atoms with Crippen molar-refractivity contribution >= 4 is 23.2 Å². The molecule has 0 unspecified atom stereocenters. The number of morpholine rings is 1. The number of hydrogen-bond acceptors (Lipinski definition) is 3. The van der Waals surface area contributed by atoms with Crippen LogP contribution < -0.4 is 5.32 Å². The fourth-order valence-corrected chi connectivity index (χ4v) is 2.06. The van der Waals surface area contributed by atoms with Crippen molar-refractivity contribution in [3.05, 3.63) is 29.3 Å². The average molecular weight is 269 g/mol. The molecule has 0 spiro atoms. The van der Waals surface area contributed by atoms with Crippen LogP contribution in [0.2, 0.25) is 5.02 Å². The van der Waals surface area contributed by atoms with E-state index >= 15 is 0 Å². The van der Waals surface area contributed by atoms with Crippen LogP contribution in [0.1, 0.15) is 6.42 Å². The molecule has 0 aromatic heterocycles. The number of halogens is 1. The highest BCUT2D eigenvalue weighted by Crippen LogP contribution is 2.15. The summed E-state index contributed by atoms with van der Waals surface area (Å²) in [4.78, 5) is 14.0. The first-order valence-electron chi connectivity index (χ1n) is 6.09. The van der Waals surface area contributed by atoms with E-state index in [4.69, 9.17) is 16.3 Å². The van der Waals surface area contributed by atoms with Gasteiger partial charge in [0, 0.05) is 36.8 Å². The minimum Gasteiger partial charge on any atom is -0.379 e. The van der Waals surface area contributed by atoms with Crippen LogP contribution in [0.15, 0.2) is 24.3 Å². The van der Waals surface area contributed by atoms with Crippen molar-refractivity contribution in [1.82, 2.24) is 4.90 Å². The van der Waals surface area contributed by atoms with Gasteiger partial charge in [0.05, 0.1) is 13.2 Å². The minimum atomic E-state index is 0.0174. The summed E-state index contributed by atoms with van der Waals surface area (Å²) >= 11 is 5.85. The number of hydrogen-bond donors (Lipinski definition) is 1. The number of rotatable bonds is 4. The molecule has 0 radical (unpaired) electrons. The molecule has 0 saturated carbocycles. The normalized spacial score (nSPS) is 16.5. The number of nitrogens with zero attached hydrogens (tertiary/aromatic N) is 1. The van der Waals surface area contributed by atoms with Crippen molar-refractivity contribution in [2.24, 2.45) is 0 Å². The number of nitrogens with one attached hydrogen (secondary N) is 1. The molecule has 1 saturated heterocycles. The Morgan fingerprint density at radius 3 is 2.89 bits per heavy atom. The monoisotopic (exact) mass is 268 g/mol. The Morgan fingerprint density at radius 1 is 1.39 bits per heavy atom. The van der Waals surface area contributed by atoms with Crippen molar-refractivity contribution in [2.75, 3.05) is 38.2 Å². The van der Waals surface area contributed by atoms with Gasteiger partial charge in [-0.1, -0.05) is 17.7 Å². The SMILES string of the molecule is O=C(CCN1CCOCC1)Nc1cccc(Cl)c1. The van der Waals surface area contributed by atoms with Crippen molar-refractivity contribution in [3.8, 4) is 0 Å². The molecule has 1 heterocycles. The summed E-state index contributed by atoms with van der Waals surface area (Å²) in [5.41, 5.74) is 0.745. The van der Waals surface area contributed by atoms with E-state index in [2.05, 4.69) is 10.2 Å². The predicted molar refractivity (Wildman–Crippen MR) is 72.0 cm³/mol. The average Bonchev–Trinajstić information content (AvgIpc) is 2.38. The Hall–Kier alpha value is -1.10. The van der Waals surface area contributed by atoms with Gasteiger partial charge in [-0.3, -0.25) is 9.69 Å². The lowest BCUT2D eigenvalue weighted by molar-refractivity contribution is -0.116. The fraction of sp³-hybridized carbons (Fsp3) is 0.462. The minimum absolute atomic E-state index is 0.0174. The summed E-state index contributed by atoms with van der Waals surface area (Å²) in [7, 11) is 0. The highest BCUT2D eigenvalue weighted by molar-refractivity contribution is 6.30. The van der Waals surface area contributed by atoms with E-state index in [-0.39, 0.29) is 5.91 Å². The maximum absolute atomic E-state index is 11.8. The molecule has 1 amide bonds. The summed E-state index contributed by atoms with van der Waals surface area (Å²) in [6, 6.07) is 7.18. The first-order valence-corrected chi connectivity index (χ1v) is 6.47. The molecule has 98 valence electrons. The van der Waals surface area contributed by atoms with Gasteiger partial charge in [0.1, 0.15) is 0 Å². The zero-order valence-electron chi connectivity index (χ0n) is 10.2. The van der Waals surface area contributed by atoms with Crippen LogP contribution in [0, 0.1) is 0 Å². The molecular formula is C13H17ClN2O2. The fourth-order valence-electron chi connectivity index (χ4n) is 1.87. The van der Waals surface area contributed by atoms with Crippen LogP contribution in [-0.4, -0.2) is 43.7 Å². The highest BCUT2D eigenvalue weighted by atomic mass is 35.5. The van der Waals surface area contributed by atoms with E-state index in [1.807, 2.05) is 12.1 Å². The van der Waals surface area contributed by atoms with Crippen LogP contribution in [0.25, 0.3) is 0 Å². The Balaban J connectivity index is 1.74. The number of ether oxygens (including phenoxy) is 1. The quantitative estimate of drug-likeness (QED) is 0.908. The summed E-state index contributed by atoms with van der Waals surface area (Å²) in [6.45, 7) is 4.11. The molecule has 1 N–H and O–H groups in total. The summed E-state index contributed by atoms with van der Waals surface area (Å²) < 4.78 is 5.26. The lowest BCUT2D eigenvalue weighted by atomic mass is 10.3. The maximum Gasteiger partial charge on any atom is 0.225 e. The molecule has 1 aromatic rings. The van der Waals surface area contributed by atoms with E-state index in [0.29, 0.717) is 11.4 Å². The molecule has 1 aromatic carbocycles. The zero-order chi connectivity index (χ0) is 12.8. The second-order valence-electron chi connectivity index (χ2n) is 4.26.